The normalized spacial score (nSPS) is 14.0. The molecule has 0 bridgehead atoms. The van der Waals surface area contributed by atoms with E-state index in [9.17, 15) is 14.7 Å². The highest BCUT2D eigenvalue weighted by atomic mass is 32.2. The third-order valence-electron chi connectivity index (χ3n) is 2.86. The number of nitrogens with zero attached hydrogens (tertiary/aromatic N) is 1. The summed E-state index contributed by atoms with van der Waals surface area (Å²) in [6, 6.07) is 0. The van der Waals surface area contributed by atoms with Gasteiger partial charge in [-0.3, -0.25) is 9.80 Å². The van der Waals surface area contributed by atoms with Gasteiger partial charge in [0.2, 0.25) is 5.91 Å². The number of carboxylic acids is 1. The number of thioether (sulfide) groups is 2. The zero-order valence-corrected chi connectivity index (χ0v) is 12.8. The number of nitrogens with two attached hydrogens (primary N) is 1. The molecule has 0 aliphatic heterocycles. The highest BCUT2D eigenvalue weighted by Gasteiger charge is 2.43. The molecular weight excluding hydrogens is 272 g/mol. The molecule has 5 nitrogen and oxygen atoms in total. The van der Waals surface area contributed by atoms with Crippen LogP contribution >= 0.6 is 23.5 Å². The molecule has 0 saturated carbocycles. The molecule has 0 aromatic carbocycles. The van der Waals surface area contributed by atoms with Crippen molar-refractivity contribution in [3.8, 4) is 0 Å². The summed E-state index contributed by atoms with van der Waals surface area (Å²) >= 11 is 3.21. The number of hydrazine groups is 1. The molecule has 0 saturated heterocycles. The van der Waals surface area contributed by atoms with Crippen LogP contribution < -0.4 is 5.84 Å². The Labute approximate surface area is 117 Å². The lowest BCUT2D eigenvalue weighted by Crippen LogP contribution is -2.60. The number of aliphatic carboxylic acids is 1. The van der Waals surface area contributed by atoms with Crippen LogP contribution in [0, 0.1) is 0 Å². The van der Waals surface area contributed by atoms with Crippen LogP contribution in [0.5, 0.6) is 0 Å². The minimum absolute atomic E-state index is 0.369. The third kappa shape index (κ3) is 4.70. The third-order valence-corrected chi connectivity index (χ3v) is 4.17. The van der Waals surface area contributed by atoms with E-state index in [2.05, 4.69) is 0 Å². The Morgan fingerprint density at radius 2 is 1.78 bits per heavy atom. The Kier molecular flexibility index (Phi) is 8.47. The minimum atomic E-state index is -1.27. The molecule has 106 valence electrons. The quantitative estimate of drug-likeness (QED) is 0.290. The molecule has 0 spiro atoms. The summed E-state index contributed by atoms with van der Waals surface area (Å²) < 4.78 is 0. The fourth-order valence-corrected chi connectivity index (χ4v) is 2.74. The van der Waals surface area contributed by atoms with E-state index < -0.39 is 17.4 Å². The first-order valence-corrected chi connectivity index (χ1v) is 8.48. The van der Waals surface area contributed by atoms with Gasteiger partial charge in [-0.25, -0.2) is 10.6 Å². The molecule has 0 unspecified atom stereocenters. The first-order chi connectivity index (χ1) is 8.42. The summed E-state index contributed by atoms with van der Waals surface area (Å²) in [6.07, 6.45) is 5.36. The average molecular weight is 294 g/mol. The molecular formula is C11H22N2O3S2. The van der Waals surface area contributed by atoms with Gasteiger partial charge in [-0.15, -0.1) is 0 Å². The molecule has 3 N–H and O–H groups in total. The number of amides is 1. The van der Waals surface area contributed by atoms with E-state index in [4.69, 9.17) is 5.84 Å². The molecule has 7 heteroatoms. The van der Waals surface area contributed by atoms with Gasteiger partial charge in [0.05, 0.1) is 0 Å². The number of hydrogen-bond donors (Lipinski definition) is 2. The Balaban J connectivity index is 5.01. The highest BCUT2D eigenvalue weighted by Crippen LogP contribution is 2.26. The fourth-order valence-electron chi connectivity index (χ4n) is 1.76. The Hall–Kier alpha value is -0.400. The van der Waals surface area contributed by atoms with E-state index >= 15 is 0 Å². The Morgan fingerprint density at radius 3 is 2.17 bits per heavy atom. The lowest BCUT2D eigenvalue weighted by atomic mass is 9.89. The van der Waals surface area contributed by atoms with Crippen molar-refractivity contribution < 1.29 is 14.7 Å². The number of hydrogen-bond acceptors (Lipinski definition) is 5. The molecule has 0 aliphatic carbocycles. The van der Waals surface area contributed by atoms with E-state index in [1.54, 1.807) is 23.5 Å². The van der Waals surface area contributed by atoms with Crippen molar-refractivity contribution in [2.45, 2.75) is 31.7 Å². The van der Waals surface area contributed by atoms with Crippen LogP contribution in [-0.2, 0) is 9.59 Å². The lowest BCUT2D eigenvalue weighted by molar-refractivity contribution is -0.160. The molecule has 1 atom stereocenters. The second-order valence-electron chi connectivity index (χ2n) is 4.06. The van der Waals surface area contributed by atoms with Gasteiger partial charge in [0.1, 0.15) is 0 Å². The van der Waals surface area contributed by atoms with Crippen LogP contribution in [0.4, 0.5) is 0 Å². The summed E-state index contributed by atoms with van der Waals surface area (Å²) in [5.74, 6) is 5.79. The molecule has 18 heavy (non-hydrogen) atoms. The van der Waals surface area contributed by atoms with E-state index in [1.165, 1.54) is 6.92 Å². The topological polar surface area (TPSA) is 83.6 Å². The molecule has 0 radical (unpaired) electrons. The largest absolute Gasteiger partial charge is 0.479 e. The van der Waals surface area contributed by atoms with Crippen molar-refractivity contribution in [2.75, 3.05) is 24.0 Å². The van der Waals surface area contributed by atoms with Crippen molar-refractivity contribution >= 4 is 35.4 Å². The number of carbonyl (C=O) groups excluding carboxylic acids is 1. The van der Waals surface area contributed by atoms with Gasteiger partial charge >= 0.3 is 5.97 Å². The van der Waals surface area contributed by atoms with E-state index in [0.717, 1.165) is 17.2 Å². The van der Waals surface area contributed by atoms with E-state index in [1.807, 2.05) is 12.5 Å². The molecule has 0 aliphatic rings. The zero-order chi connectivity index (χ0) is 14.2. The van der Waals surface area contributed by atoms with E-state index in [-0.39, 0.29) is 0 Å². The predicted octanol–water partition coefficient (Wildman–Crippen LogP) is 1.43. The van der Waals surface area contributed by atoms with Crippen LogP contribution in [0.1, 0.15) is 26.2 Å². The van der Waals surface area contributed by atoms with Crippen molar-refractivity contribution in [1.82, 2.24) is 5.01 Å². The first-order valence-electron chi connectivity index (χ1n) is 5.69. The second-order valence-corrected chi connectivity index (χ2v) is 6.04. The molecule has 0 fully saturated rings. The van der Waals surface area contributed by atoms with Crippen LogP contribution in [0.15, 0.2) is 0 Å². The van der Waals surface area contributed by atoms with Gasteiger partial charge in [-0.1, -0.05) is 0 Å². The summed E-state index contributed by atoms with van der Waals surface area (Å²) in [6.45, 7) is 1.30. The van der Waals surface area contributed by atoms with Gasteiger partial charge < -0.3 is 5.11 Å². The van der Waals surface area contributed by atoms with Gasteiger partial charge in [-0.2, -0.15) is 23.5 Å². The molecule has 0 aromatic heterocycles. The maximum atomic E-state index is 11.6. The second kappa shape index (κ2) is 8.66. The van der Waals surface area contributed by atoms with Gasteiger partial charge in [0, 0.05) is 6.92 Å². The molecule has 0 aromatic rings. The summed E-state index contributed by atoms with van der Waals surface area (Å²) in [5, 5.41) is 10.4. The SMILES string of the molecule is CSCCC[C@](CCSC)(C(=O)O)N(N)C(C)=O. The van der Waals surface area contributed by atoms with Crippen LogP contribution in [-0.4, -0.2) is 51.5 Å². The van der Waals surface area contributed by atoms with Gasteiger partial charge in [0.25, 0.3) is 0 Å². The van der Waals surface area contributed by atoms with Crippen LogP contribution in [0.2, 0.25) is 0 Å². The first kappa shape index (κ1) is 17.6. The summed E-state index contributed by atoms with van der Waals surface area (Å²) in [7, 11) is 0. The zero-order valence-electron chi connectivity index (χ0n) is 11.1. The van der Waals surface area contributed by atoms with Crippen molar-refractivity contribution in [3.05, 3.63) is 0 Å². The number of carboxylic acid groups (broad SMARTS) is 1. The predicted molar refractivity (Wildman–Crippen MR) is 77.7 cm³/mol. The average Bonchev–Trinajstić information content (AvgIpc) is 2.32. The summed E-state index contributed by atoms with van der Waals surface area (Å²) in [4.78, 5) is 23.0. The monoisotopic (exact) mass is 294 g/mol. The fraction of sp³-hybridized carbons (Fsp3) is 0.818. The van der Waals surface area contributed by atoms with Crippen LogP contribution in [0.25, 0.3) is 0 Å². The maximum Gasteiger partial charge on any atom is 0.331 e. The van der Waals surface area contributed by atoms with Crippen molar-refractivity contribution in [1.29, 1.82) is 0 Å². The standard InChI is InChI=1S/C11H22N2O3S2/c1-9(14)13(12)11(10(15)16,6-8-18-3)5-4-7-17-2/h4-8,12H2,1-3H3,(H,15,16)/t11-/m0/s1. The minimum Gasteiger partial charge on any atom is -0.479 e. The number of rotatable bonds is 9. The van der Waals surface area contributed by atoms with E-state index in [0.29, 0.717) is 18.6 Å². The van der Waals surface area contributed by atoms with Crippen molar-refractivity contribution in [3.63, 3.8) is 0 Å². The molecule has 0 rings (SSSR count). The lowest BCUT2D eigenvalue weighted by Gasteiger charge is -2.37. The summed E-state index contributed by atoms with van der Waals surface area (Å²) in [5.41, 5.74) is -1.27. The maximum absolute atomic E-state index is 11.6. The Morgan fingerprint density at radius 1 is 1.22 bits per heavy atom. The Bertz CT molecular complexity index is 289. The van der Waals surface area contributed by atoms with Crippen LogP contribution in [0.3, 0.4) is 0 Å². The molecule has 0 heterocycles. The van der Waals surface area contributed by atoms with Gasteiger partial charge in [-0.05, 0) is 43.3 Å². The number of carbonyl (C=O) groups is 2. The van der Waals surface area contributed by atoms with Gasteiger partial charge in [0.15, 0.2) is 5.54 Å². The highest BCUT2D eigenvalue weighted by molar-refractivity contribution is 7.98. The van der Waals surface area contributed by atoms with Crippen molar-refractivity contribution in [2.24, 2.45) is 5.84 Å². The molecule has 1 amide bonds. The smallest absolute Gasteiger partial charge is 0.331 e.